The average molecular weight is 266 g/mol. The lowest BCUT2D eigenvalue weighted by atomic mass is 9.67. The van der Waals surface area contributed by atoms with Crippen LogP contribution in [0.1, 0.15) is 24.5 Å². The molecule has 1 fully saturated rings. The number of carbonyl (C=O) groups is 1. The summed E-state index contributed by atoms with van der Waals surface area (Å²) in [6, 6.07) is 5.01. The Morgan fingerprint density at radius 1 is 1.53 bits per heavy atom. The van der Waals surface area contributed by atoms with Crippen molar-refractivity contribution in [3.05, 3.63) is 35.1 Å². The first-order valence-electron chi connectivity index (χ1n) is 6.47. The average Bonchev–Trinajstić information content (AvgIpc) is 2.36. The summed E-state index contributed by atoms with van der Waals surface area (Å²) in [5, 5.41) is 0. The Bertz CT molecular complexity index is 480. The van der Waals surface area contributed by atoms with E-state index in [-0.39, 0.29) is 23.1 Å². The topological polar surface area (TPSA) is 35.5 Å². The van der Waals surface area contributed by atoms with E-state index < -0.39 is 0 Å². The first kappa shape index (κ1) is 14.0. The number of ether oxygens (including phenoxy) is 2. The van der Waals surface area contributed by atoms with Gasteiger partial charge in [0, 0.05) is 0 Å². The summed E-state index contributed by atoms with van der Waals surface area (Å²) >= 11 is 0. The molecule has 4 heteroatoms. The van der Waals surface area contributed by atoms with E-state index in [0.29, 0.717) is 25.2 Å². The molecule has 0 aromatic heterocycles. The Kier molecular flexibility index (Phi) is 3.90. The van der Waals surface area contributed by atoms with Crippen molar-refractivity contribution in [2.45, 2.75) is 25.7 Å². The summed E-state index contributed by atoms with van der Waals surface area (Å²) in [6.07, 6.45) is 0.673. The predicted molar refractivity (Wildman–Crippen MR) is 69.4 cm³/mol. The molecule has 1 unspecified atom stereocenters. The van der Waals surface area contributed by atoms with Crippen LogP contribution in [0.25, 0.3) is 0 Å². The monoisotopic (exact) mass is 266 g/mol. The summed E-state index contributed by atoms with van der Waals surface area (Å²) in [6.45, 7) is 4.64. The van der Waals surface area contributed by atoms with E-state index in [1.54, 1.807) is 13.0 Å². The molecule has 1 aromatic carbocycles. The van der Waals surface area contributed by atoms with Crippen molar-refractivity contribution in [1.29, 1.82) is 0 Å². The molecule has 1 saturated heterocycles. The van der Waals surface area contributed by atoms with Gasteiger partial charge in [-0.2, -0.15) is 0 Å². The van der Waals surface area contributed by atoms with Gasteiger partial charge in [-0.1, -0.05) is 19.1 Å². The molecule has 2 rings (SSSR count). The molecule has 0 N–H and O–H groups in total. The van der Waals surface area contributed by atoms with Gasteiger partial charge in [-0.25, -0.2) is 4.39 Å². The molecule has 1 aliphatic rings. The first-order chi connectivity index (χ1) is 9.05. The fourth-order valence-electron chi connectivity index (χ4n) is 2.77. The van der Waals surface area contributed by atoms with Gasteiger partial charge in [0.25, 0.3) is 0 Å². The summed E-state index contributed by atoms with van der Waals surface area (Å²) in [5.74, 6) is -0.714. The molecular formula is C15H19FO3. The summed E-state index contributed by atoms with van der Waals surface area (Å²) < 4.78 is 23.6. The van der Waals surface area contributed by atoms with E-state index >= 15 is 0 Å². The zero-order valence-corrected chi connectivity index (χ0v) is 11.5. The Labute approximate surface area is 112 Å². The molecule has 0 spiro atoms. The fourth-order valence-corrected chi connectivity index (χ4v) is 2.77. The van der Waals surface area contributed by atoms with Gasteiger partial charge in [0.15, 0.2) is 0 Å². The van der Waals surface area contributed by atoms with E-state index in [2.05, 4.69) is 0 Å². The van der Waals surface area contributed by atoms with Crippen LogP contribution in [0.2, 0.25) is 0 Å². The minimum atomic E-state index is -0.375. The second-order valence-electron chi connectivity index (χ2n) is 5.10. The highest BCUT2D eigenvalue weighted by atomic mass is 19.1. The van der Waals surface area contributed by atoms with Crippen molar-refractivity contribution in [3.8, 4) is 0 Å². The largest absolute Gasteiger partial charge is 0.469 e. The number of hydrogen-bond acceptors (Lipinski definition) is 3. The maximum Gasteiger partial charge on any atom is 0.309 e. The highest BCUT2D eigenvalue weighted by Gasteiger charge is 2.50. The maximum absolute atomic E-state index is 13.4. The van der Waals surface area contributed by atoms with Crippen LogP contribution in [0.15, 0.2) is 18.2 Å². The number of carbonyl (C=O) groups excluding carboxylic acids is 1. The van der Waals surface area contributed by atoms with Crippen molar-refractivity contribution < 1.29 is 18.7 Å². The number of halogens is 1. The van der Waals surface area contributed by atoms with Crippen molar-refractivity contribution in [2.24, 2.45) is 5.92 Å². The molecule has 1 aromatic rings. The summed E-state index contributed by atoms with van der Waals surface area (Å²) in [4.78, 5) is 12.0. The first-order valence-corrected chi connectivity index (χ1v) is 6.47. The van der Waals surface area contributed by atoms with Crippen LogP contribution in [0, 0.1) is 18.7 Å². The third-order valence-electron chi connectivity index (χ3n) is 4.01. The van der Waals surface area contributed by atoms with Gasteiger partial charge in [0.05, 0.1) is 31.7 Å². The summed E-state index contributed by atoms with van der Waals surface area (Å²) in [7, 11) is 1.40. The van der Waals surface area contributed by atoms with Crippen molar-refractivity contribution in [3.63, 3.8) is 0 Å². The van der Waals surface area contributed by atoms with Crippen LogP contribution in [0.4, 0.5) is 4.39 Å². The lowest BCUT2D eigenvalue weighted by Crippen LogP contribution is -2.55. The van der Waals surface area contributed by atoms with Crippen molar-refractivity contribution >= 4 is 5.97 Å². The minimum absolute atomic E-state index is 0.229. The van der Waals surface area contributed by atoms with Crippen molar-refractivity contribution in [2.75, 3.05) is 20.3 Å². The van der Waals surface area contributed by atoms with Gasteiger partial charge in [0.2, 0.25) is 0 Å². The van der Waals surface area contributed by atoms with E-state index in [9.17, 15) is 9.18 Å². The maximum atomic E-state index is 13.4. The van der Waals surface area contributed by atoms with Crippen molar-refractivity contribution in [1.82, 2.24) is 0 Å². The van der Waals surface area contributed by atoms with Crippen LogP contribution < -0.4 is 0 Å². The molecule has 0 saturated carbocycles. The van der Waals surface area contributed by atoms with Gasteiger partial charge in [0.1, 0.15) is 5.82 Å². The fraction of sp³-hybridized carbons (Fsp3) is 0.533. The molecule has 0 bridgehead atoms. The molecule has 0 amide bonds. The molecule has 3 nitrogen and oxygen atoms in total. The van der Waals surface area contributed by atoms with Crippen LogP contribution in [0.5, 0.6) is 0 Å². The smallest absolute Gasteiger partial charge is 0.309 e. The molecule has 1 aliphatic heterocycles. The SMILES string of the molecule is CCC(C(=O)OC)C1(c2ccc(F)c(C)c2)COC1. The third kappa shape index (κ3) is 2.25. The van der Waals surface area contributed by atoms with Gasteiger partial charge in [-0.05, 0) is 30.5 Å². The van der Waals surface area contributed by atoms with Gasteiger partial charge in [-0.3, -0.25) is 4.79 Å². The van der Waals surface area contributed by atoms with E-state index in [0.717, 1.165) is 5.56 Å². The van der Waals surface area contributed by atoms with E-state index in [1.165, 1.54) is 13.2 Å². The number of aryl methyl sites for hydroxylation is 1. The zero-order valence-electron chi connectivity index (χ0n) is 11.5. The molecule has 19 heavy (non-hydrogen) atoms. The number of benzene rings is 1. The van der Waals surface area contributed by atoms with Crippen LogP contribution in [0.3, 0.4) is 0 Å². The molecule has 1 heterocycles. The number of rotatable bonds is 4. The number of esters is 1. The quantitative estimate of drug-likeness (QED) is 0.786. The Hall–Kier alpha value is -1.42. The second kappa shape index (κ2) is 5.29. The standard InChI is InChI=1S/C15H19FO3/c1-4-12(14(17)18-3)15(8-19-9-15)11-5-6-13(16)10(2)7-11/h5-7,12H,4,8-9H2,1-3H3. The Morgan fingerprint density at radius 2 is 2.21 bits per heavy atom. The third-order valence-corrected chi connectivity index (χ3v) is 4.01. The summed E-state index contributed by atoms with van der Waals surface area (Å²) in [5.41, 5.74) is 1.17. The van der Waals surface area contributed by atoms with Gasteiger partial charge < -0.3 is 9.47 Å². The van der Waals surface area contributed by atoms with Gasteiger partial charge >= 0.3 is 5.97 Å². The molecular weight excluding hydrogens is 247 g/mol. The molecule has 1 atom stereocenters. The lowest BCUT2D eigenvalue weighted by Gasteiger charge is -2.46. The van der Waals surface area contributed by atoms with Gasteiger partial charge in [-0.15, -0.1) is 0 Å². The van der Waals surface area contributed by atoms with Crippen LogP contribution in [-0.2, 0) is 19.7 Å². The normalized spacial score (nSPS) is 18.5. The lowest BCUT2D eigenvalue weighted by molar-refractivity contribution is -0.160. The highest BCUT2D eigenvalue weighted by molar-refractivity contribution is 5.75. The number of methoxy groups -OCH3 is 1. The Balaban J connectivity index is 2.41. The molecule has 104 valence electrons. The van der Waals surface area contributed by atoms with Crippen LogP contribution >= 0.6 is 0 Å². The molecule has 0 aliphatic carbocycles. The number of hydrogen-bond donors (Lipinski definition) is 0. The minimum Gasteiger partial charge on any atom is -0.469 e. The van der Waals surface area contributed by atoms with E-state index in [1.807, 2.05) is 13.0 Å². The second-order valence-corrected chi connectivity index (χ2v) is 5.10. The van der Waals surface area contributed by atoms with E-state index in [4.69, 9.17) is 9.47 Å². The Morgan fingerprint density at radius 3 is 2.63 bits per heavy atom. The molecule has 0 radical (unpaired) electrons. The zero-order chi connectivity index (χ0) is 14.0. The van der Waals surface area contributed by atoms with Crippen LogP contribution in [-0.4, -0.2) is 26.3 Å². The predicted octanol–water partition coefficient (Wildman–Crippen LogP) is 2.60. The highest BCUT2D eigenvalue weighted by Crippen LogP contribution is 2.42.